The normalized spacial score (nSPS) is 19.5. The summed E-state index contributed by atoms with van der Waals surface area (Å²) in [7, 11) is 0. The van der Waals surface area contributed by atoms with Crippen molar-refractivity contribution in [3.05, 3.63) is 70.6 Å². The van der Waals surface area contributed by atoms with Gasteiger partial charge in [-0.3, -0.25) is 14.5 Å². The molecule has 2 atom stereocenters. The van der Waals surface area contributed by atoms with Crippen LogP contribution in [-0.2, 0) is 14.3 Å². The van der Waals surface area contributed by atoms with E-state index < -0.39 is 18.0 Å². The quantitative estimate of drug-likeness (QED) is 0.621. The SMILES string of the molecule is O=C(O)C[C@@H]1C(=O)N(c2nc(-c3ccccc3Cl)cs2)CCO[C@@H]1c1ccccc1. The molecule has 154 valence electrons. The fourth-order valence-electron chi connectivity index (χ4n) is 3.55. The zero-order valence-electron chi connectivity index (χ0n) is 15.9. The van der Waals surface area contributed by atoms with Crippen LogP contribution in [0.5, 0.6) is 0 Å². The Kier molecular flexibility index (Phi) is 6.13. The molecule has 1 fully saturated rings. The second-order valence-electron chi connectivity index (χ2n) is 6.89. The van der Waals surface area contributed by atoms with Gasteiger partial charge >= 0.3 is 5.97 Å². The number of anilines is 1. The average molecular weight is 443 g/mol. The molecule has 2 aromatic carbocycles. The Hall–Kier alpha value is -2.74. The van der Waals surface area contributed by atoms with E-state index in [-0.39, 0.29) is 18.9 Å². The molecule has 1 N–H and O–H groups in total. The van der Waals surface area contributed by atoms with Crippen molar-refractivity contribution in [2.75, 3.05) is 18.1 Å². The van der Waals surface area contributed by atoms with Gasteiger partial charge in [0, 0.05) is 16.0 Å². The van der Waals surface area contributed by atoms with Crippen molar-refractivity contribution in [3.63, 3.8) is 0 Å². The summed E-state index contributed by atoms with van der Waals surface area (Å²) in [4.78, 5) is 31.1. The highest BCUT2D eigenvalue weighted by atomic mass is 35.5. The monoisotopic (exact) mass is 442 g/mol. The predicted octanol–water partition coefficient (Wildman–Crippen LogP) is 4.66. The molecule has 0 unspecified atom stereocenters. The van der Waals surface area contributed by atoms with Gasteiger partial charge in [-0.15, -0.1) is 11.3 Å². The van der Waals surface area contributed by atoms with Gasteiger partial charge in [0.05, 0.1) is 37.3 Å². The lowest BCUT2D eigenvalue weighted by atomic mass is 9.91. The van der Waals surface area contributed by atoms with Crippen LogP contribution < -0.4 is 4.90 Å². The molecule has 0 radical (unpaired) electrons. The summed E-state index contributed by atoms with van der Waals surface area (Å²) in [6, 6.07) is 16.6. The molecule has 1 amide bonds. The second-order valence-corrected chi connectivity index (χ2v) is 8.14. The van der Waals surface area contributed by atoms with Gasteiger partial charge in [-0.2, -0.15) is 0 Å². The molecule has 1 aliphatic rings. The van der Waals surface area contributed by atoms with Gasteiger partial charge in [-0.05, 0) is 11.6 Å². The lowest BCUT2D eigenvalue weighted by Gasteiger charge is -2.25. The number of hydrogen-bond acceptors (Lipinski definition) is 5. The van der Waals surface area contributed by atoms with Crippen molar-refractivity contribution < 1.29 is 19.4 Å². The minimum Gasteiger partial charge on any atom is -0.481 e. The number of nitrogens with zero attached hydrogens (tertiary/aromatic N) is 2. The molecule has 30 heavy (non-hydrogen) atoms. The summed E-state index contributed by atoms with van der Waals surface area (Å²) in [5.74, 6) is -2.19. The number of carboxylic acids is 1. The van der Waals surface area contributed by atoms with Crippen LogP contribution in [0, 0.1) is 5.92 Å². The maximum Gasteiger partial charge on any atom is 0.304 e. The van der Waals surface area contributed by atoms with E-state index in [1.807, 2.05) is 53.9 Å². The van der Waals surface area contributed by atoms with Gasteiger partial charge in [-0.1, -0.05) is 60.1 Å². The van der Waals surface area contributed by atoms with E-state index in [1.165, 1.54) is 16.2 Å². The number of amides is 1. The Morgan fingerprint density at radius 1 is 1.20 bits per heavy atom. The van der Waals surface area contributed by atoms with E-state index in [1.54, 1.807) is 6.07 Å². The van der Waals surface area contributed by atoms with Crippen LogP contribution >= 0.6 is 22.9 Å². The number of aliphatic carboxylic acids is 1. The third-order valence-electron chi connectivity index (χ3n) is 4.96. The van der Waals surface area contributed by atoms with Crippen molar-refractivity contribution in [1.29, 1.82) is 0 Å². The molecule has 0 bridgehead atoms. The topological polar surface area (TPSA) is 79.7 Å². The number of carbonyl (C=O) groups is 2. The Balaban J connectivity index is 1.66. The standard InChI is InChI=1S/C22H19ClN2O4S/c23-17-9-5-4-8-15(17)18-13-30-22(24-18)25-10-11-29-20(14-6-2-1-3-7-14)16(21(25)28)12-19(26)27/h1-9,13,16,20H,10-12H2,(H,26,27)/t16-,20+/m0/s1. The van der Waals surface area contributed by atoms with Crippen LogP contribution in [0.2, 0.25) is 5.02 Å². The highest BCUT2D eigenvalue weighted by molar-refractivity contribution is 7.14. The molecule has 8 heteroatoms. The van der Waals surface area contributed by atoms with E-state index in [0.29, 0.717) is 22.4 Å². The molecule has 1 saturated heterocycles. The minimum atomic E-state index is -1.05. The first kappa shape index (κ1) is 20.5. The number of aromatic nitrogens is 1. The molecule has 0 aliphatic carbocycles. The molecule has 3 aromatic rings. The molecule has 0 saturated carbocycles. The number of rotatable bonds is 5. The van der Waals surface area contributed by atoms with Crippen molar-refractivity contribution in [3.8, 4) is 11.3 Å². The van der Waals surface area contributed by atoms with Crippen LogP contribution in [0.4, 0.5) is 5.13 Å². The molecule has 6 nitrogen and oxygen atoms in total. The fraction of sp³-hybridized carbons (Fsp3) is 0.227. The molecular weight excluding hydrogens is 424 g/mol. The summed E-state index contributed by atoms with van der Waals surface area (Å²) in [6.07, 6.45) is -0.944. The van der Waals surface area contributed by atoms with Gasteiger partial charge in [0.25, 0.3) is 0 Å². The van der Waals surface area contributed by atoms with Crippen molar-refractivity contribution in [1.82, 2.24) is 4.98 Å². The maximum atomic E-state index is 13.4. The molecular formula is C22H19ClN2O4S. The van der Waals surface area contributed by atoms with Gasteiger partial charge in [0.2, 0.25) is 5.91 Å². The zero-order chi connectivity index (χ0) is 21.1. The third-order valence-corrected chi connectivity index (χ3v) is 6.15. The first-order chi connectivity index (χ1) is 14.5. The first-order valence-electron chi connectivity index (χ1n) is 9.44. The Labute approximate surface area is 182 Å². The van der Waals surface area contributed by atoms with Crippen LogP contribution in [-0.4, -0.2) is 35.1 Å². The van der Waals surface area contributed by atoms with E-state index in [4.69, 9.17) is 16.3 Å². The largest absolute Gasteiger partial charge is 0.481 e. The number of benzene rings is 2. The summed E-state index contributed by atoms with van der Waals surface area (Å²) < 4.78 is 5.97. The van der Waals surface area contributed by atoms with Gasteiger partial charge < -0.3 is 9.84 Å². The van der Waals surface area contributed by atoms with E-state index >= 15 is 0 Å². The van der Waals surface area contributed by atoms with Gasteiger partial charge in [0.15, 0.2) is 5.13 Å². The molecule has 4 rings (SSSR count). The fourth-order valence-corrected chi connectivity index (χ4v) is 4.64. The van der Waals surface area contributed by atoms with E-state index in [9.17, 15) is 14.7 Å². The molecule has 1 aliphatic heterocycles. The Bertz CT molecular complexity index is 1060. The highest BCUT2D eigenvalue weighted by Gasteiger charge is 2.39. The number of thiazole rings is 1. The van der Waals surface area contributed by atoms with Gasteiger partial charge in [0.1, 0.15) is 0 Å². The lowest BCUT2D eigenvalue weighted by Crippen LogP contribution is -2.38. The maximum absolute atomic E-state index is 13.4. The van der Waals surface area contributed by atoms with Crippen LogP contribution in [0.1, 0.15) is 18.1 Å². The highest BCUT2D eigenvalue weighted by Crippen LogP contribution is 2.37. The lowest BCUT2D eigenvalue weighted by molar-refractivity contribution is -0.143. The number of halogens is 1. The number of ether oxygens (including phenoxy) is 1. The van der Waals surface area contributed by atoms with Crippen LogP contribution in [0.3, 0.4) is 0 Å². The minimum absolute atomic E-state index is 0.280. The molecule has 0 spiro atoms. The number of hydrogen-bond donors (Lipinski definition) is 1. The molecule has 2 heterocycles. The average Bonchev–Trinajstić information content (AvgIpc) is 3.16. The predicted molar refractivity (Wildman–Crippen MR) is 116 cm³/mol. The molecule has 1 aromatic heterocycles. The number of carbonyl (C=O) groups excluding carboxylic acids is 1. The summed E-state index contributed by atoms with van der Waals surface area (Å²) in [6.45, 7) is 0.580. The van der Waals surface area contributed by atoms with Crippen molar-refractivity contribution in [2.45, 2.75) is 12.5 Å². The summed E-state index contributed by atoms with van der Waals surface area (Å²) in [5.41, 5.74) is 2.24. The zero-order valence-corrected chi connectivity index (χ0v) is 17.5. The van der Waals surface area contributed by atoms with Crippen LogP contribution in [0.15, 0.2) is 60.0 Å². The van der Waals surface area contributed by atoms with E-state index in [0.717, 1.165) is 11.1 Å². The Morgan fingerprint density at radius 2 is 1.93 bits per heavy atom. The third kappa shape index (κ3) is 4.23. The summed E-state index contributed by atoms with van der Waals surface area (Å²) in [5, 5.41) is 12.3. The van der Waals surface area contributed by atoms with Crippen LogP contribution in [0.25, 0.3) is 11.3 Å². The van der Waals surface area contributed by atoms with Crippen molar-refractivity contribution >= 4 is 39.9 Å². The van der Waals surface area contributed by atoms with Gasteiger partial charge in [-0.25, -0.2) is 4.98 Å². The van der Waals surface area contributed by atoms with Crippen molar-refractivity contribution in [2.24, 2.45) is 5.92 Å². The number of carboxylic acid groups (broad SMARTS) is 1. The summed E-state index contributed by atoms with van der Waals surface area (Å²) >= 11 is 7.60. The van der Waals surface area contributed by atoms with E-state index in [2.05, 4.69) is 4.98 Å². The second kappa shape index (κ2) is 8.95. The first-order valence-corrected chi connectivity index (χ1v) is 10.7. The smallest absolute Gasteiger partial charge is 0.304 e. The Morgan fingerprint density at radius 3 is 2.67 bits per heavy atom.